The molecule has 2 aromatic heterocycles. The lowest BCUT2D eigenvalue weighted by Gasteiger charge is -2.10. The van der Waals surface area contributed by atoms with Gasteiger partial charge < -0.3 is 0 Å². The van der Waals surface area contributed by atoms with E-state index in [1.165, 1.54) is 11.3 Å². The molecule has 2 heterocycles. The van der Waals surface area contributed by atoms with Gasteiger partial charge in [-0.05, 0) is 12.1 Å². The average molecular weight is 246 g/mol. The van der Waals surface area contributed by atoms with Gasteiger partial charge in [0.05, 0.1) is 15.9 Å². The van der Waals surface area contributed by atoms with Gasteiger partial charge in [-0.15, -0.1) is 22.7 Å². The van der Waals surface area contributed by atoms with E-state index in [-0.39, 0.29) is 6.04 Å². The number of hydrazine groups is 1. The van der Waals surface area contributed by atoms with E-state index in [0.29, 0.717) is 0 Å². The van der Waals surface area contributed by atoms with Crippen molar-refractivity contribution >= 4 is 34.3 Å². The van der Waals surface area contributed by atoms with Gasteiger partial charge in [0.15, 0.2) is 0 Å². The lowest BCUT2D eigenvalue weighted by atomic mass is 10.2. The van der Waals surface area contributed by atoms with Crippen molar-refractivity contribution in [2.75, 3.05) is 0 Å². The number of halogens is 1. The Kier molecular flexibility index (Phi) is 3.15. The molecule has 2 rings (SSSR count). The summed E-state index contributed by atoms with van der Waals surface area (Å²) in [4.78, 5) is 6.21. The van der Waals surface area contributed by atoms with Crippen LogP contribution in [0.4, 0.5) is 0 Å². The standard InChI is InChI=1S/C8H8ClN3S2/c9-7-2-1-5(14-7)8(12-10)6-3-11-4-13-6/h1-4,8,12H,10H2. The average Bonchev–Trinajstić information content (AvgIpc) is 2.79. The van der Waals surface area contributed by atoms with Crippen molar-refractivity contribution in [3.8, 4) is 0 Å². The maximum Gasteiger partial charge on any atom is 0.0931 e. The number of thiazole rings is 1. The van der Waals surface area contributed by atoms with Crippen molar-refractivity contribution in [2.45, 2.75) is 6.04 Å². The zero-order valence-corrected chi connectivity index (χ0v) is 9.49. The van der Waals surface area contributed by atoms with Gasteiger partial charge in [0.1, 0.15) is 0 Å². The van der Waals surface area contributed by atoms with Crippen LogP contribution in [0.5, 0.6) is 0 Å². The van der Waals surface area contributed by atoms with Crippen LogP contribution in [0.2, 0.25) is 4.34 Å². The van der Waals surface area contributed by atoms with E-state index >= 15 is 0 Å². The zero-order valence-electron chi connectivity index (χ0n) is 7.11. The van der Waals surface area contributed by atoms with Crippen LogP contribution < -0.4 is 11.3 Å². The molecule has 3 nitrogen and oxygen atoms in total. The summed E-state index contributed by atoms with van der Waals surface area (Å²) in [6, 6.07) is 3.84. The molecule has 0 aliphatic heterocycles. The van der Waals surface area contributed by atoms with Gasteiger partial charge in [-0.3, -0.25) is 10.8 Å². The molecule has 0 aromatic carbocycles. The molecular weight excluding hydrogens is 238 g/mol. The highest BCUT2D eigenvalue weighted by molar-refractivity contribution is 7.16. The predicted octanol–water partition coefficient (Wildman–Crippen LogP) is 2.41. The minimum atomic E-state index is -0.000000000000000222. The number of nitrogens with two attached hydrogens (primary N) is 1. The molecule has 14 heavy (non-hydrogen) atoms. The SMILES string of the molecule is NNC(c1cncs1)c1ccc(Cl)s1. The number of hydrogen-bond acceptors (Lipinski definition) is 5. The van der Waals surface area contributed by atoms with Gasteiger partial charge in [-0.25, -0.2) is 5.43 Å². The first kappa shape index (κ1) is 10.1. The van der Waals surface area contributed by atoms with Crippen LogP contribution in [0.1, 0.15) is 15.8 Å². The van der Waals surface area contributed by atoms with E-state index in [9.17, 15) is 0 Å². The van der Waals surface area contributed by atoms with E-state index in [0.717, 1.165) is 14.1 Å². The summed E-state index contributed by atoms with van der Waals surface area (Å²) in [6.07, 6.45) is 1.81. The summed E-state index contributed by atoms with van der Waals surface area (Å²) in [5, 5.41) is 0. The second-order valence-corrected chi connectivity index (χ2v) is 5.31. The van der Waals surface area contributed by atoms with Crippen molar-refractivity contribution in [3.63, 3.8) is 0 Å². The van der Waals surface area contributed by atoms with Gasteiger partial charge in [-0.2, -0.15) is 0 Å². The Morgan fingerprint density at radius 3 is 2.79 bits per heavy atom. The first-order valence-electron chi connectivity index (χ1n) is 3.91. The molecule has 1 atom stereocenters. The van der Waals surface area contributed by atoms with Crippen LogP contribution in [-0.4, -0.2) is 4.98 Å². The van der Waals surface area contributed by atoms with Crippen LogP contribution >= 0.6 is 34.3 Å². The third-order valence-electron chi connectivity index (χ3n) is 1.78. The minimum absolute atomic E-state index is 0.000000000000000222. The molecule has 0 fully saturated rings. The Labute approximate surface area is 94.5 Å². The molecule has 0 spiro atoms. The predicted molar refractivity (Wildman–Crippen MR) is 60.6 cm³/mol. The summed E-state index contributed by atoms with van der Waals surface area (Å²) in [5.74, 6) is 5.50. The smallest absolute Gasteiger partial charge is 0.0931 e. The van der Waals surface area contributed by atoms with Gasteiger partial charge in [0, 0.05) is 16.0 Å². The summed E-state index contributed by atoms with van der Waals surface area (Å²) in [6.45, 7) is 0. The maximum absolute atomic E-state index is 5.86. The molecule has 0 aliphatic carbocycles. The Morgan fingerprint density at radius 2 is 2.29 bits per heavy atom. The fourth-order valence-corrected chi connectivity index (χ4v) is 3.07. The van der Waals surface area contributed by atoms with Crippen LogP contribution in [0.3, 0.4) is 0 Å². The minimum Gasteiger partial charge on any atom is -0.271 e. The molecule has 0 amide bonds. The molecule has 2 aromatic rings. The highest BCUT2D eigenvalue weighted by atomic mass is 35.5. The molecule has 74 valence electrons. The fraction of sp³-hybridized carbons (Fsp3) is 0.125. The largest absolute Gasteiger partial charge is 0.271 e. The molecule has 3 N–H and O–H groups in total. The third kappa shape index (κ3) is 1.97. The summed E-state index contributed by atoms with van der Waals surface area (Å²) in [5.41, 5.74) is 4.54. The molecular formula is C8H8ClN3S2. The highest BCUT2D eigenvalue weighted by Gasteiger charge is 2.15. The Hall–Kier alpha value is -0.460. The summed E-state index contributed by atoms with van der Waals surface area (Å²) in [7, 11) is 0. The van der Waals surface area contributed by atoms with Crippen molar-refractivity contribution in [1.82, 2.24) is 10.4 Å². The number of thiophene rings is 1. The Morgan fingerprint density at radius 1 is 1.43 bits per heavy atom. The topological polar surface area (TPSA) is 50.9 Å². The van der Waals surface area contributed by atoms with Gasteiger partial charge in [0.25, 0.3) is 0 Å². The number of rotatable bonds is 3. The molecule has 0 saturated heterocycles. The first-order chi connectivity index (χ1) is 6.81. The third-order valence-corrected chi connectivity index (χ3v) is 3.92. The molecule has 1 unspecified atom stereocenters. The van der Waals surface area contributed by atoms with Gasteiger partial charge in [-0.1, -0.05) is 11.6 Å². The molecule has 0 aliphatic rings. The van der Waals surface area contributed by atoms with Crippen LogP contribution in [-0.2, 0) is 0 Å². The van der Waals surface area contributed by atoms with E-state index < -0.39 is 0 Å². The maximum atomic E-state index is 5.86. The number of nitrogens with one attached hydrogen (secondary N) is 1. The van der Waals surface area contributed by atoms with Crippen LogP contribution in [0, 0.1) is 0 Å². The molecule has 0 bridgehead atoms. The fourth-order valence-electron chi connectivity index (χ4n) is 1.16. The molecule has 0 saturated carbocycles. The summed E-state index contributed by atoms with van der Waals surface area (Å²) >= 11 is 8.95. The summed E-state index contributed by atoms with van der Waals surface area (Å²) < 4.78 is 0.768. The molecule has 6 heteroatoms. The Bertz CT molecular complexity index is 398. The lowest BCUT2D eigenvalue weighted by molar-refractivity contribution is 0.655. The van der Waals surface area contributed by atoms with Crippen molar-refractivity contribution in [3.05, 3.63) is 37.9 Å². The normalized spacial score (nSPS) is 13.0. The van der Waals surface area contributed by atoms with E-state index in [2.05, 4.69) is 10.4 Å². The van der Waals surface area contributed by atoms with E-state index in [4.69, 9.17) is 17.4 Å². The van der Waals surface area contributed by atoms with Gasteiger partial charge >= 0.3 is 0 Å². The number of aromatic nitrogens is 1. The number of nitrogens with zero attached hydrogens (tertiary/aromatic N) is 1. The van der Waals surface area contributed by atoms with E-state index in [1.54, 1.807) is 16.8 Å². The quantitative estimate of drug-likeness (QED) is 0.645. The second kappa shape index (κ2) is 4.37. The monoisotopic (exact) mass is 245 g/mol. The second-order valence-electron chi connectivity index (χ2n) is 2.65. The highest BCUT2D eigenvalue weighted by Crippen LogP contribution is 2.31. The molecule has 0 radical (unpaired) electrons. The van der Waals surface area contributed by atoms with Gasteiger partial charge in [0.2, 0.25) is 0 Å². The van der Waals surface area contributed by atoms with Crippen molar-refractivity contribution in [1.29, 1.82) is 0 Å². The van der Waals surface area contributed by atoms with Crippen molar-refractivity contribution in [2.24, 2.45) is 5.84 Å². The van der Waals surface area contributed by atoms with E-state index in [1.807, 2.05) is 18.3 Å². The van der Waals surface area contributed by atoms with Crippen LogP contribution in [0.15, 0.2) is 23.8 Å². The lowest BCUT2D eigenvalue weighted by Crippen LogP contribution is -2.27. The zero-order chi connectivity index (χ0) is 9.97. The van der Waals surface area contributed by atoms with Crippen LogP contribution in [0.25, 0.3) is 0 Å². The number of hydrogen-bond donors (Lipinski definition) is 2. The Balaban J connectivity index is 2.31. The first-order valence-corrected chi connectivity index (χ1v) is 5.98. The van der Waals surface area contributed by atoms with Crippen molar-refractivity contribution < 1.29 is 0 Å².